The van der Waals surface area contributed by atoms with Gasteiger partial charge in [0.2, 0.25) is 5.91 Å². The number of ether oxygens (including phenoxy) is 2. The summed E-state index contributed by atoms with van der Waals surface area (Å²) in [5.41, 5.74) is 0. The van der Waals surface area contributed by atoms with Crippen LogP contribution in [-0.2, 0) is 19.1 Å². The van der Waals surface area contributed by atoms with E-state index in [1.54, 1.807) is 0 Å². The van der Waals surface area contributed by atoms with Crippen LogP contribution in [0.1, 0.15) is 32.1 Å². The van der Waals surface area contributed by atoms with Crippen LogP contribution in [0.3, 0.4) is 0 Å². The van der Waals surface area contributed by atoms with E-state index in [4.69, 9.17) is 14.6 Å². The molecular weight excluding hydrogens is 274 g/mol. The topological polar surface area (TPSA) is 76.1 Å². The van der Waals surface area contributed by atoms with Crippen molar-refractivity contribution in [3.8, 4) is 0 Å². The summed E-state index contributed by atoms with van der Waals surface area (Å²) in [7, 11) is 0. The zero-order valence-electron chi connectivity index (χ0n) is 12.2. The lowest BCUT2D eigenvalue weighted by atomic mass is 10.1. The van der Waals surface area contributed by atoms with Gasteiger partial charge in [0, 0.05) is 26.3 Å². The molecule has 2 saturated heterocycles. The van der Waals surface area contributed by atoms with Gasteiger partial charge in [0.1, 0.15) is 0 Å². The van der Waals surface area contributed by atoms with E-state index in [9.17, 15) is 9.59 Å². The minimum Gasteiger partial charge on any atom is -0.481 e. The van der Waals surface area contributed by atoms with Crippen molar-refractivity contribution in [3.05, 3.63) is 0 Å². The second kappa shape index (κ2) is 6.32. The lowest BCUT2D eigenvalue weighted by Gasteiger charge is -2.35. The van der Waals surface area contributed by atoms with Crippen LogP contribution in [0.4, 0.5) is 0 Å². The molecule has 6 heteroatoms. The van der Waals surface area contributed by atoms with E-state index in [0.29, 0.717) is 25.6 Å². The maximum atomic E-state index is 12.2. The Bertz CT molecular complexity index is 399. The van der Waals surface area contributed by atoms with Crippen molar-refractivity contribution in [1.29, 1.82) is 0 Å². The number of hydrogen-bond donors (Lipinski definition) is 1. The smallest absolute Gasteiger partial charge is 0.307 e. The number of rotatable bonds is 4. The molecule has 0 aromatic carbocycles. The van der Waals surface area contributed by atoms with E-state index in [2.05, 4.69) is 0 Å². The van der Waals surface area contributed by atoms with Gasteiger partial charge < -0.3 is 19.5 Å². The van der Waals surface area contributed by atoms with Crippen molar-refractivity contribution < 1.29 is 24.2 Å². The summed E-state index contributed by atoms with van der Waals surface area (Å²) in [6, 6.07) is 0. The second-order valence-electron chi connectivity index (χ2n) is 6.26. The number of likely N-dealkylation sites (tertiary alicyclic amines) is 1. The van der Waals surface area contributed by atoms with Gasteiger partial charge in [0.25, 0.3) is 0 Å². The molecule has 0 bridgehead atoms. The Morgan fingerprint density at radius 1 is 1.00 bits per heavy atom. The highest BCUT2D eigenvalue weighted by molar-refractivity contribution is 5.89. The summed E-state index contributed by atoms with van der Waals surface area (Å²) in [6.45, 7) is 2.94. The van der Waals surface area contributed by atoms with Crippen molar-refractivity contribution in [2.45, 2.75) is 44.3 Å². The van der Waals surface area contributed by atoms with Gasteiger partial charge in [0.15, 0.2) is 0 Å². The third-order valence-electron chi connectivity index (χ3n) is 4.73. The molecule has 6 nitrogen and oxygen atoms in total. The van der Waals surface area contributed by atoms with E-state index in [1.807, 2.05) is 4.90 Å². The number of carboxylic acid groups (broad SMARTS) is 1. The van der Waals surface area contributed by atoms with Crippen LogP contribution in [0.2, 0.25) is 0 Å². The molecule has 2 atom stereocenters. The van der Waals surface area contributed by atoms with Crippen LogP contribution in [-0.4, -0.2) is 60.4 Å². The number of nitrogens with zero attached hydrogens (tertiary/aromatic N) is 1. The standard InChI is InChI=1S/C15H23NO5/c17-14(12-9-13(12)15(18)19)16-5-1-10(2-6-16)21-11-3-7-20-8-4-11/h10-13H,1-9H2,(H,18,19). The van der Waals surface area contributed by atoms with Gasteiger partial charge in [-0.05, 0) is 32.1 Å². The predicted octanol–water partition coefficient (Wildman–Crippen LogP) is 0.894. The Morgan fingerprint density at radius 3 is 2.19 bits per heavy atom. The number of piperidine rings is 1. The maximum absolute atomic E-state index is 12.2. The number of carbonyl (C=O) groups excluding carboxylic acids is 1. The van der Waals surface area contributed by atoms with Crippen LogP contribution in [0.5, 0.6) is 0 Å². The summed E-state index contributed by atoms with van der Waals surface area (Å²) in [5, 5.41) is 8.89. The largest absolute Gasteiger partial charge is 0.481 e. The highest BCUT2D eigenvalue weighted by Gasteiger charge is 2.50. The maximum Gasteiger partial charge on any atom is 0.307 e. The Balaban J connectivity index is 1.40. The highest BCUT2D eigenvalue weighted by Crippen LogP contribution is 2.40. The Hall–Kier alpha value is -1.14. The molecule has 118 valence electrons. The zero-order chi connectivity index (χ0) is 14.8. The van der Waals surface area contributed by atoms with Gasteiger partial charge in [-0.2, -0.15) is 0 Å². The zero-order valence-corrected chi connectivity index (χ0v) is 12.2. The summed E-state index contributed by atoms with van der Waals surface area (Å²) >= 11 is 0. The molecule has 1 aliphatic carbocycles. The van der Waals surface area contributed by atoms with Gasteiger partial charge in [-0.3, -0.25) is 9.59 Å². The van der Waals surface area contributed by atoms with Gasteiger partial charge in [-0.1, -0.05) is 0 Å². The van der Waals surface area contributed by atoms with Gasteiger partial charge in [-0.25, -0.2) is 0 Å². The van der Waals surface area contributed by atoms with Gasteiger partial charge in [0.05, 0.1) is 24.0 Å². The van der Waals surface area contributed by atoms with E-state index in [0.717, 1.165) is 38.9 Å². The highest BCUT2D eigenvalue weighted by atomic mass is 16.5. The molecule has 0 radical (unpaired) electrons. The first kappa shape index (κ1) is 14.8. The number of amides is 1. The molecule has 2 aliphatic heterocycles. The molecule has 2 unspecified atom stereocenters. The molecule has 1 amide bonds. The van der Waals surface area contributed by atoms with Crippen LogP contribution >= 0.6 is 0 Å². The minimum atomic E-state index is -0.842. The molecule has 0 spiro atoms. The molecule has 1 N–H and O–H groups in total. The molecular formula is C15H23NO5. The molecule has 3 aliphatic rings. The SMILES string of the molecule is O=C(O)C1CC1C(=O)N1CCC(OC2CCOCC2)CC1. The quantitative estimate of drug-likeness (QED) is 0.834. The van der Waals surface area contributed by atoms with Crippen molar-refractivity contribution in [2.24, 2.45) is 11.8 Å². The minimum absolute atomic E-state index is 0.0203. The first-order valence-electron chi connectivity index (χ1n) is 7.90. The fourth-order valence-electron chi connectivity index (χ4n) is 3.27. The van der Waals surface area contributed by atoms with Crippen LogP contribution in [0.15, 0.2) is 0 Å². The van der Waals surface area contributed by atoms with Crippen LogP contribution < -0.4 is 0 Å². The molecule has 3 fully saturated rings. The van der Waals surface area contributed by atoms with Crippen molar-refractivity contribution in [3.63, 3.8) is 0 Å². The van der Waals surface area contributed by atoms with E-state index in [1.165, 1.54) is 0 Å². The molecule has 3 rings (SSSR count). The lowest BCUT2D eigenvalue weighted by Crippen LogP contribution is -2.43. The fraction of sp³-hybridized carbons (Fsp3) is 0.867. The van der Waals surface area contributed by atoms with Crippen LogP contribution in [0, 0.1) is 11.8 Å². The van der Waals surface area contributed by atoms with Gasteiger partial charge >= 0.3 is 5.97 Å². The first-order chi connectivity index (χ1) is 10.1. The van der Waals surface area contributed by atoms with Crippen molar-refractivity contribution in [1.82, 2.24) is 4.90 Å². The summed E-state index contributed by atoms with van der Waals surface area (Å²) in [4.78, 5) is 24.8. The average Bonchev–Trinajstić information content (AvgIpc) is 3.29. The third kappa shape index (κ3) is 3.55. The predicted molar refractivity (Wildman–Crippen MR) is 73.8 cm³/mol. The summed E-state index contributed by atoms with van der Waals surface area (Å²) in [6.07, 6.45) is 4.66. The number of aliphatic carboxylic acids is 1. The number of carbonyl (C=O) groups is 2. The Morgan fingerprint density at radius 2 is 1.62 bits per heavy atom. The molecule has 2 heterocycles. The van der Waals surface area contributed by atoms with E-state index < -0.39 is 11.9 Å². The number of hydrogen-bond acceptors (Lipinski definition) is 4. The first-order valence-corrected chi connectivity index (χ1v) is 7.90. The summed E-state index contributed by atoms with van der Waals surface area (Å²) < 4.78 is 11.4. The van der Waals surface area contributed by atoms with Crippen molar-refractivity contribution in [2.75, 3.05) is 26.3 Å². The normalized spacial score (nSPS) is 31.1. The average molecular weight is 297 g/mol. The third-order valence-corrected chi connectivity index (χ3v) is 4.73. The number of carboxylic acids is 1. The summed E-state index contributed by atoms with van der Waals surface area (Å²) in [5.74, 6) is -1.55. The molecule has 0 aromatic rings. The van der Waals surface area contributed by atoms with Crippen LogP contribution in [0.25, 0.3) is 0 Å². The van der Waals surface area contributed by atoms with Crippen molar-refractivity contribution >= 4 is 11.9 Å². The van der Waals surface area contributed by atoms with Gasteiger partial charge in [-0.15, -0.1) is 0 Å². The Kier molecular flexibility index (Phi) is 4.45. The monoisotopic (exact) mass is 297 g/mol. The fourth-order valence-corrected chi connectivity index (χ4v) is 3.27. The molecule has 1 saturated carbocycles. The van der Waals surface area contributed by atoms with E-state index >= 15 is 0 Å². The molecule has 0 aromatic heterocycles. The van der Waals surface area contributed by atoms with E-state index in [-0.39, 0.29) is 17.9 Å². The lowest BCUT2D eigenvalue weighted by molar-refractivity contribution is -0.143. The second-order valence-corrected chi connectivity index (χ2v) is 6.26. The molecule has 21 heavy (non-hydrogen) atoms. The Labute approximate surface area is 124 Å².